The molecule has 0 fully saturated rings. The van der Waals surface area contributed by atoms with Crippen LogP contribution in [0.1, 0.15) is 18.1 Å². The third-order valence-electron chi connectivity index (χ3n) is 4.04. The normalized spacial score (nSPS) is 12.2. The Hall–Kier alpha value is -2.24. The number of ether oxygens (including phenoxy) is 1. The highest BCUT2D eigenvalue weighted by atomic mass is 32.1. The SMILES string of the molecule is CC(OCCc1cc2ccsc2cc1F)C(=O)NCc1ccccc1. The van der Waals surface area contributed by atoms with Gasteiger partial charge < -0.3 is 10.1 Å². The number of halogens is 1. The molecule has 3 nitrogen and oxygen atoms in total. The molecule has 0 bridgehead atoms. The molecule has 0 radical (unpaired) electrons. The number of rotatable bonds is 7. The van der Waals surface area contributed by atoms with Gasteiger partial charge in [0.05, 0.1) is 6.61 Å². The molecule has 3 rings (SSSR count). The minimum absolute atomic E-state index is 0.169. The Morgan fingerprint density at radius 2 is 2.04 bits per heavy atom. The van der Waals surface area contributed by atoms with E-state index in [1.54, 1.807) is 13.0 Å². The molecule has 5 heteroatoms. The molecule has 0 aliphatic rings. The van der Waals surface area contributed by atoms with Gasteiger partial charge >= 0.3 is 0 Å². The molecule has 0 aliphatic carbocycles. The van der Waals surface area contributed by atoms with Crippen LogP contribution in [-0.2, 0) is 22.5 Å². The van der Waals surface area contributed by atoms with E-state index in [-0.39, 0.29) is 11.7 Å². The van der Waals surface area contributed by atoms with Crippen LogP contribution in [0, 0.1) is 5.82 Å². The van der Waals surface area contributed by atoms with E-state index >= 15 is 0 Å². The predicted octanol–water partition coefficient (Wildman–Crippen LogP) is 4.30. The molecule has 1 heterocycles. The Balaban J connectivity index is 1.47. The van der Waals surface area contributed by atoms with Crippen LogP contribution < -0.4 is 5.32 Å². The molecule has 1 amide bonds. The van der Waals surface area contributed by atoms with Gasteiger partial charge in [0.25, 0.3) is 0 Å². The molecule has 0 saturated heterocycles. The van der Waals surface area contributed by atoms with Gasteiger partial charge in [0, 0.05) is 11.2 Å². The number of nitrogens with one attached hydrogen (secondary N) is 1. The topological polar surface area (TPSA) is 38.3 Å². The van der Waals surface area contributed by atoms with Crippen molar-refractivity contribution in [1.29, 1.82) is 0 Å². The first-order chi connectivity index (χ1) is 12.1. The number of benzene rings is 2. The molecule has 1 atom stereocenters. The molecular formula is C20H20FNO2S. The van der Waals surface area contributed by atoms with Crippen LogP contribution in [0.3, 0.4) is 0 Å². The van der Waals surface area contributed by atoms with Gasteiger partial charge in [-0.1, -0.05) is 30.3 Å². The summed E-state index contributed by atoms with van der Waals surface area (Å²) >= 11 is 1.52. The van der Waals surface area contributed by atoms with Gasteiger partial charge in [0.1, 0.15) is 11.9 Å². The van der Waals surface area contributed by atoms with E-state index in [4.69, 9.17) is 4.74 Å². The number of carbonyl (C=O) groups is 1. The third-order valence-corrected chi connectivity index (χ3v) is 4.92. The van der Waals surface area contributed by atoms with Gasteiger partial charge in [-0.3, -0.25) is 4.79 Å². The maximum absolute atomic E-state index is 14.1. The van der Waals surface area contributed by atoms with Gasteiger partial charge in [-0.15, -0.1) is 11.3 Å². The van der Waals surface area contributed by atoms with Crippen LogP contribution in [0.15, 0.2) is 53.9 Å². The first-order valence-corrected chi connectivity index (χ1v) is 9.10. The van der Waals surface area contributed by atoms with Gasteiger partial charge in [-0.2, -0.15) is 0 Å². The fraction of sp³-hybridized carbons (Fsp3) is 0.250. The molecule has 0 aliphatic heterocycles. The molecule has 1 aromatic heterocycles. The van der Waals surface area contributed by atoms with Crippen molar-refractivity contribution in [3.8, 4) is 0 Å². The quantitative estimate of drug-likeness (QED) is 0.684. The molecule has 130 valence electrons. The summed E-state index contributed by atoms with van der Waals surface area (Å²) < 4.78 is 20.6. The average molecular weight is 357 g/mol. The Morgan fingerprint density at radius 1 is 1.24 bits per heavy atom. The predicted molar refractivity (Wildman–Crippen MR) is 99.2 cm³/mol. The van der Waals surface area contributed by atoms with Crippen molar-refractivity contribution in [1.82, 2.24) is 5.32 Å². The van der Waals surface area contributed by atoms with Crippen molar-refractivity contribution in [3.05, 3.63) is 70.9 Å². The summed E-state index contributed by atoms with van der Waals surface area (Å²) in [7, 11) is 0. The van der Waals surface area contributed by atoms with Crippen molar-refractivity contribution in [2.24, 2.45) is 0 Å². The highest BCUT2D eigenvalue weighted by molar-refractivity contribution is 7.17. The van der Waals surface area contributed by atoms with Crippen LogP contribution in [-0.4, -0.2) is 18.6 Å². The summed E-state index contributed by atoms with van der Waals surface area (Å²) in [5.41, 5.74) is 1.65. The first kappa shape index (κ1) is 17.6. The number of amides is 1. The summed E-state index contributed by atoms with van der Waals surface area (Å²) in [6.45, 7) is 2.47. The molecule has 2 aromatic carbocycles. The fourth-order valence-corrected chi connectivity index (χ4v) is 3.37. The fourth-order valence-electron chi connectivity index (χ4n) is 2.57. The van der Waals surface area contributed by atoms with Crippen molar-refractivity contribution < 1.29 is 13.9 Å². The van der Waals surface area contributed by atoms with E-state index in [0.717, 1.165) is 15.6 Å². The van der Waals surface area contributed by atoms with Crippen LogP contribution >= 0.6 is 11.3 Å². The molecule has 0 spiro atoms. The zero-order valence-corrected chi connectivity index (χ0v) is 14.8. The molecule has 25 heavy (non-hydrogen) atoms. The largest absolute Gasteiger partial charge is 0.368 e. The highest BCUT2D eigenvalue weighted by Crippen LogP contribution is 2.24. The smallest absolute Gasteiger partial charge is 0.249 e. The van der Waals surface area contributed by atoms with Crippen molar-refractivity contribution in [3.63, 3.8) is 0 Å². The molecular weight excluding hydrogens is 337 g/mol. The Kier molecular flexibility index (Phi) is 5.79. The van der Waals surface area contributed by atoms with Gasteiger partial charge in [0.15, 0.2) is 0 Å². The van der Waals surface area contributed by atoms with Crippen LogP contribution in [0.25, 0.3) is 10.1 Å². The lowest BCUT2D eigenvalue weighted by Gasteiger charge is -2.14. The Labute approximate surface area is 150 Å². The first-order valence-electron chi connectivity index (χ1n) is 8.22. The van der Waals surface area contributed by atoms with Gasteiger partial charge in [0.2, 0.25) is 5.91 Å². The monoisotopic (exact) mass is 357 g/mol. The van der Waals surface area contributed by atoms with Crippen LogP contribution in [0.5, 0.6) is 0 Å². The minimum Gasteiger partial charge on any atom is -0.368 e. The lowest BCUT2D eigenvalue weighted by Crippen LogP contribution is -2.34. The van der Waals surface area contributed by atoms with E-state index in [0.29, 0.717) is 25.1 Å². The van der Waals surface area contributed by atoms with Crippen molar-refractivity contribution in [2.75, 3.05) is 6.61 Å². The maximum atomic E-state index is 14.1. The Morgan fingerprint density at radius 3 is 2.84 bits per heavy atom. The lowest BCUT2D eigenvalue weighted by molar-refractivity contribution is -0.131. The van der Waals surface area contributed by atoms with Gasteiger partial charge in [-0.25, -0.2) is 4.39 Å². The summed E-state index contributed by atoms with van der Waals surface area (Å²) in [6, 6.07) is 15.1. The molecule has 3 aromatic rings. The van der Waals surface area contributed by atoms with E-state index in [1.807, 2.05) is 47.8 Å². The summed E-state index contributed by atoms with van der Waals surface area (Å²) in [6.07, 6.45) is -0.134. The number of hydrogen-bond acceptors (Lipinski definition) is 3. The number of thiophene rings is 1. The molecule has 1 unspecified atom stereocenters. The number of hydrogen-bond donors (Lipinski definition) is 1. The Bertz CT molecular complexity index is 847. The van der Waals surface area contributed by atoms with E-state index in [1.165, 1.54) is 11.3 Å². The van der Waals surface area contributed by atoms with Crippen molar-refractivity contribution in [2.45, 2.75) is 26.0 Å². The number of carbonyl (C=O) groups excluding carboxylic acids is 1. The highest BCUT2D eigenvalue weighted by Gasteiger charge is 2.13. The zero-order valence-electron chi connectivity index (χ0n) is 14.0. The molecule has 1 N–H and O–H groups in total. The second-order valence-electron chi connectivity index (χ2n) is 5.87. The second kappa shape index (κ2) is 8.23. The standard InChI is InChI=1S/C20H20FNO2S/c1-14(20(23)22-13-15-5-3-2-4-6-15)24-9-7-16-11-17-8-10-25-19(17)12-18(16)21/h2-6,8,10-12,14H,7,9,13H2,1H3,(H,22,23). The molecule has 0 saturated carbocycles. The van der Waals surface area contributed by atoms with E-state index in [2.05, 4.69) is 5.32 Å². The minimum atomic E-state index is -0.573. The van der Waals surface area contributed by atoms with E-state index in [9.17, 15) is 9.18 Å². The number of fused-ring (bicyclic) bond motifs is 1. The second-order valence-corrected chi connectivity index (χ2v) is 6.82. The summed E-state index contributed by atoms with van der Waals surface area (Å²) in [5.74, 6) is -0.391. The van der Waals surface area contributed by atoms with Crippen LogP contribution in [0.4, 0.5) is 4.39 Å². The average Bonchev–Trinajstić information content (AvgIpc) is 3.07. The summed E-state index contributed by atoms with van der Waals surface area (Å²) in [5, 5.41) is 5.83. The maximum Gasteiger partial charge on any atom is 0.249 e. The summed E-state index contributed by atoms with van der Waals surface area (Å²) in [4.78, 5) is 12.1. The van der Waals surface area contributed by atoms with Crippen molar-refractivity contribution >= 4 is 27.3 Å². The van der Waals surface area contributed by atoms with Crippen LogP contribution in [0.2, 0.25) is 0 Å². The lowest BCUT2D eigenvalue weighted by atomic mass is 10.1. The third kappa shape index (κ3) is 4.65. The van der Waals surface area contributed by atoms with E-state index < -0.39 is 6.10 Å². The van der Waals surface area contributed by atoms with Gasteiger partial charge in [-0.05, 0) is 53.4 Å². The zero-order chi connectivity index (χ0) is 17.6.